The van der Waals surface area contributed by atoms with Crippen molar-refractivity contribution < 1.29 is 14.3 Å². The highest BCUT2D eigenvalue weighted by atomic mass is 16.5. The number of nitrogens with zero attached hydrogens (tertiary/aromatic N) is 3. The van der Waals surface area contributed by atoms with Gasteiger partial charge in [-0.15, -0.1) is 0 Å². The lowest BCUT2D eigenvalue weighted by atomic mass is 10.1. The highest BCUT2D eigenvalue weighted by molar-refractivity contribution is 6.44. The number of carbonyl (C=O) groups excluding carboxylic acids is 1. The Morgan fingerprint density at radius 3 is 2.50 bits per heavy atom. The molecule has 1 aromatic rings. The zero-order valence-corrected chi connectivity index (χ0v) is 18.9. The summed E-state index contributed by atoms with van der Waals surface area (Å²) < 4.78 is 10.7. The number of hydrazone groups is 1. The molecule has 164 valence electrons. The topological polar surface area (TPSA) is 66.4 Å². The number of allylic oxidation sites excluding steroid dienone is 3. The number of hydrogen-bond acceptors (Lipinski definition) is 7. The van der Waals surface area contributed by atoms with Crippen molar-refractivity contribution in [1.29, 1.82) is 0 Å². The SMILES string of the molecule is C=C(/C=C\C=C/NC)/C(=N/N(C)c1ccc(N(CC)CC)cc1OCC)C(=O)OC. The maximum atomic E-state index is 12.3. The van der Waals surface area contributed by atoms with E-state index in [1.165, 1.54) is 7.11 Å². The summed E-state index contributed by atoms with van der Waals surface area (Å²) in [4.78, 5) is 14.5. The smallest absolute Gasteiger partial charge is 0.359 e. The molecule has 0 radical (unpaired) electrons. The summed E-state index contributed by atoms with van der Waals surface area (Å²) in [6.45, 7) is 12.4. The van der Waals surface area contributed by atoms with Gasteiger partial charge in [-0.05, 0) is 45.2 Å². The summed E-state index contributed by atoms with van der Waals surface area (Å²) in [5.41, 5.74) is 2.36. The largest absolute Gasteiger partial charge is 0.492 e. The second-order valence-corrected chi connectivity index (χ2v) is 6.25. The van der Waals surface area contributed by atoms with Crippen LogP contribution in [0.25, 0.3) is 0 Å². The number of esters is 1. The number of ether oxygens (including phenoxy) is 2. The van der Waals surface area contributed by atoms with Crippen LogP contribution in [0, 0.1) is 0 Å². The van der Waals surface area contributed by atoms with Crippen molar-refractivity contribution in [3.63, 3.8) is 0 Å². The molecule has 0 aromatic heterocycles. The molecule has 1 N–H and O–H groups in total. The van der Waals surface area contributed by atoms with Crippen LogP contribution in [0.3, 0.4) is 0 Å². The number of carbonyl (C=O) groups is 1. The number of methoxy groups -OCH3 is 1. The number of hydrogen-bond donors (Lipinski definition) is 1. The van der Waals surface area contributed by atoms with Gasteiger partial charge in [0, 0.05) is 44.5 Å². The first kappa shape index (κ1) is 24.8. The fourth-order valence-corrected chi connectivity index (χ4v) is 2.77. The van der Waals surface area contributed by atoms with E-state index in [0.29, 0.717) is 17.9 Å². The molecule has 1 rings (SSSR count). The highest BCUT2D eigenvalue weighted by Crippen LogP contribution is 2.33. The van der Waals surface area contributed by atoms with Gasteiger partial charge in [-0.3, -0.25) is 5.01 Å². The van der Waals surface area contributed by atoms with E-state index in [0.717, 1.165) is 24.5 Å². The van der Waals surface area contributed by atoms with Gasteiger partial charge in [0.2, 0.25) is 0 Å². The van der Waals surface area contributed by atoms with Gasteiger partial charge in [0.25, 0.3) is 0 Å². The lowest BCUT2D eigenvalue weighted by Gasteiger charge is -2.24. The van der Waals surface area contributed by atoms with Crippen molar-refractivity contribution in [2.75, 3.05) is 50.8 Å². The third kappa shape index (κ3) is 6.99. The number of benzene rings is 1. The Morgan fingerprint density at radius 2 is 1.93 bits per heavy atom. The predicted molar refractivity (Wildman–Crippen MR) is 126 cm³/mol. The van der Waals surface area contributed by atoms with Crippen molar-refractivity contribution in [2.45, 2.75) is 20.8 Å². The second kappa shape index (κ2) is 13.1. The Kier molecular flexibility index (Phi) is 10.8. The molecule has 0 aliphatic rings. The predicted octanol–water partition coefficient (Wildman–Crippen LogP) is 3.74. The van der Waals surface area contributed by atoms with E-state index >= 15 is 0 Å². The molecule has 0 heterocycles. The number of nitrogens with one attached hydrogen (secondary N) is 1. The Bertz CT molecular complexity index is 796. The molecule has 0 saturated carbocycles. The molecule has 0 atom stereocenters. The van der Waals surface area contributed by atoms with Gasteiger partial charge in [0.1, 0.15) is 11.4 Å². The molecule has 0 fully saturated rings. The molecular weight excluding hydrogens is 380 g/mol. The first-order chi connectivity index (χ1) is 14.4. The fraction of sp³-hybridized carbons (Fsp3) is 0.391. The van der Waals surface area contributed by atoms with Crippen LogP contribution >= 0.6 is 0 Å². The van der Waals surface area contributed by atoms with Crippen LogP contribution in [-0.2, 0) is 9.53 Å². The Labute approximate surface area is 180 Å². The Morgan fingerprint density at radius 1 is 1.23 bits per heavy atom. The van der Waals surface area contributed by atoms with Crippen molar-refractivity contribution in [1.82, 2.24) is 5.32 Å². The summed E-state index contributed by atoms with van der Waals surface area (Å²) in [6.07, 6.45) is 7.02. The summed E-state index contributed by atoms with van der Waals surface area (Å²) in [5.74, 6) is 0.127. The summed E-state index contributed by atoms with van der Waals surface area (Å²) in [6, 6.07) is 5.95. The van der Waals surface area contributed by atoms with Crippen molar-refractivity contribution >= 4 is 23.1 Å². The van der Waals surface area contributed by atoms with Gasteiger partial charge in [0.15, 0.2) is 5.71 Å². The normalized spacial score (nSPS) is 11.6. The van der Waals surface area contributed by atoms with Crippen LogP contribution < -0.4 is 20.0 Å². The first-order valence-electron chi connectivity index (χ1n) is 10.1. The van der Waals surface area contributed by atoms with E-state index in [4.69, 9.17) is 9.47 Å². The van der Waals surface area contributed by atoms with Crippen molar-refractivity contribution in [3.8, 4) is 5.75 Å². The quantitative estimate of drug-likeness (QED) is 0.243. The number of rotatable bonds is 12. The lowest BCUT2D eigenvalue weighted by Crippen LogP contribution is -2.24. The molecule has 0 saturated heterocycles. The molecule has 0 aliphatic heterocycles. The highest BCUT2D eigenvalue weighted by Gasteiger charge is 2.18. The van der Waals surface area contributed by atoms with Gasteiger partial charge < -0.3 is 19.7 Å². The van der Waals surface area contributed by atoms with Gasteiger partial charge in [0.05, 0.1) is 13.7 Å². The van der Waals surface area contributed by atoms with Crippen molar-refractivity contribution in [3.05, 3.63) is 54.8 Å². The van der Waals surface area contributed by atoms with Crippen LogP contribution in [0.5, 0.6) is 5.75 Å². The minimum absolute atomic E-state index is 0.115. The van der Waals surface area contributed by atoms with Crippen molar-refractivity contribution in [2.24, 2.45) is 5.10 Å². The molecular formula is C23H34N4O3. The van der Waals surface area contributed by atoms with Crippen LogP contribution in [0.15, 0.2) is 59.9 Å². The van der Waals surface area contributed by atoms with E-state index in [1.54, 1.807) is 43.5 Å². The molecule has 0 spiro atoms. The average Bonchev–Trinajstić information content (AvgIpc) is 2.75. The minimum Gasteiger partial charge on any atom is -0.492 e. The van der Waals surface area contributed by atoms with Crippen LogP contribution in [0.2, 0.25) is 0 Å². The Hall–Kier alpha value is -3.22. The van der Waals surface area contributed by atoms with Gasteiger partial charge in [-0.2, -0.15) is 5.10 Å². The zero-order chi connectivity index (χ0) is 22.5. The number of anilines is 2. The third-order valence-electron chi connectivity index (χ3n) is 4.32. The van der Waals surface area contributed by atoms with E-state index in [9.17, 15) is 4.79 Å². The minimum atomic E-state index is -0.563. The molecule has 0 unspecified atom stereocenters. The standard InChI is InChI=1S/C23H34N4O3/c1-8-27(9-2)19-14-15-20(21(17-19)30-10-3)26(6)25-22(23(28)29-7)18(4)13-11-12-16-24-5/h11-17,24H,4,8-10H2,1-3,5-7H3/b13-11-,16-12-,25-22-. The second-order valence-electron chi connectivity index (χ2n) is 6.25. The maximum absolute atomic E-state index is 12.3. The summed E-state index contributed by atoms with van der Waals surface area (Å²) in [7, 11) is 4.88. The summed E-state index contributed by atoms with van der Waals surface area (Å²) in [5, 5.41) is 8.96. The molecule has 7 heteroatoms. The maximum Gasteiger partial charge on any atom is 0.359 e. The van der Waals surface area contributed by atoms with Crippen LogP contribution in [-0.4, -0.2) is 52.6 Å². The lowest BCUT2D eigenvalue weighted by molar-refractivity contribution is -0.132. The van der Waals surface area contributed by atoms with Gasteiger partial charge >= 0.3 is 5.97 Å². The van der Waals surface area contributed by atoms with E-state index in [2.05, 4.69) is 35.7 Å². The molecule has 7 nitrogen and oxygen atoms in total. The zero-order valence-electron chi connectivity index (χ0n) is 18.9. The Balaban J connectivity index is 3.31. The third-order valence-corrected chi connectivity index (χ3v) is 4.32. The monoisotopic (exact) mass is 414 g/mol. The van der Waals surface area contributed by atoms with Gasteiger partial charge in [-0.25, -0.2) is 4.79 Å². The fourth-order valence-electron chi connectivity index (χ4n) is 2.77. The van der Waals surface area contributed by atoms with Gasteiger partial charge in [-0.1, -0.05) is 18.7 Å². The first-order valence-corrected chi connectivity index (χ1v) is 10.1. The molecule has 0 amide bonds. The average molecular weight is 415 g/mol. The van der Waals surface area contributed by atoms with Crippen LogP contribution in [0.1, 0.15) is 20.8 Å². The van der Waals surface area contributed by atoms with Crippen LogP contribution in [0.4, 0.5) is 11.4 Å². The molecule has 0 aliphatic carbocycles. The van der Waals surface area contributed by atoms with E-state index in [1.807, 2.05) is 25.1 Å². The molecule has 1 aromatic carbocycles. The summed E-state index contributed by atoms with van der Waals surface area (Å²) >= 11 is 0. The van der Waals surface area contributed by atoms with E-state index in [-0.39, 0.29) is 5.71 Å². The molecule has 30 heavy (non-hydrogen) atoms. The molecule has 0 bridgehead atoms. The van der Waals surface area contributed by atoms with E-state index < -0.39 is 5.97 Å².